The van der Waals surface area contributed by atoms with Crippen molar-refractivity contribution < 1.29 is 4.74 Å². The van der Waals surface area contributed by atoms with Gasteiger partial charge in [0.05, 0.1) is 21.4 Å². The average molecular weight is 428 g/mol. The summed E-state index contributed by atoms with van der Waals surface area (Å²) >= 11 is 12.8. The SMILES string of the molecule is Cn1nnn(-c2ccccc2COc2cc(Cl)c(-c3ccccn3)cc2Cl)c1=O. The summed E-state index contributed by atoms with van der Waals surface area (Å²) in [6.45, 7) is 0.165. The van der Waals surface area contributed by atoms with Gasteiger partial charge in [-0.25, -0.2) is 4.79 Å². The Bertz CT molecular complexity index is 1220. The number of rotatable bonds is 5. The Hall–Kier alpha value is -3.16. The van der Waals surface area contributed by atoms with E-state index in [0.29, 0.717) is 21.5 Å². The minimum Gasteiger partial charge on any atom is -0.487 e. The Morgan fingerprint density at radius 1 is 1.00 bits per heavy atom. The minimum atomic E-state index is -0.349. The summed E-state index contributed by atoms with van der Waals surface area (Å²) in [7, 11) is 1.54. The summed E-state index contributed by atoms with van der Waals surface area (Å²) in [5.41, 5.74) is 2.42. The van der Waals surface area contributed by atoms with Crippen LogP contribution < -0.4 is 10.4 Å². The molecular formula is C20H15Cl2N5O2. The number of halogens is 2. The van der Waals surface area contributed by atoms with Gasteiger partial charge in [0.15, 0.2) is 0 Å². The van der Waals surface area contributed by atoms with Gasteiger partial charge in [-0.05, 0) is 34.7 Å². The van der Waals surface area contributed by atoms with E-state index in [2.05, 4.69) is 15.4 Å². The second kappa shape index (κ2) is 8.06. The van der Waals surface area contributed by atoms with E-state index in [1.54, 1.807) is 24.4 Å². The van der Waals surface area contributed by atoms with Crippen molar-refractivity contribution in [1.82, 2.24) is 24.8 Å². The number of benzene rings is 2. The van der Waals surface area contributed by atoms with Crippen molar-refractivity contribution >= 4 is 23.2 Å². The standard InChI is InChI=1S/C20H15Cl2N5O2/c1-26-20(28)27(25-24-26)18-8-3-2-6-13(18)12-29-19-11-15(21)14(10-16(19)22)17-7-4-5-9-23-17/h2-11H,12H2,1H3. The van der Waals surface area contributed by atoms with Crippen LogP contribution in [0, 0.1) is 0 Å². The first kappa shape index (κ1) is 19.2. The molecule has 0 spiro atoms. The van der Waals surface area contributed by atoms with E-state index in [0.717, 1.165) is 21.5 Å². The van der Waals surface area contributed by atoms with Crippen LogP contribution in [-0.2, 0) is 13.7 Å². The maximum Gasteiger partial charge on any atom is 0.368 e. The number of ether oxygens (including phenoxy) is 1. The smallest absolute Gasteiger partial charge is 0.368 e. The van der Waals surface area contributed by atoms with Crippen molar-refractivity contribution in [1.29, 1.82) is 0 Å². The van der Waals surface area contributed by atoms with Crippen LogP contribution in [0.25, 0.3) is 16.9 Å². The van der Waals surface area contributed by atoms with E-state index < -0.39 is 0 Å². The number of tetrazole rings is 1. The number of hydrogen-bond donors (Lipinski definition) is 0. The zero-order valence-corrected chi connectivity index (χ0v) is 16.8. The first-order valence-corrected chi connectivity index (χ1v) is 9.40. The molecule has 0 radical (unpaired) electrons. The van der Waals surface area contributed by atoms with E-state index in [-0.39, 0.29) is 12.3 Å². The van der Waals surface area contributed by atoms with Gasteiger partial charge in [0.2, 0.25) is 0 Å². The monoisotopic (exact) mass is 427 g/mol. The number of nitrogens with zero attached hydrogens (tertiary/aromatic N) is 5. The third-order valence-corrected chi connectivity index (χ3v) is 4.90. The van der Waals surface area contributed by atoms with Crippen molar-refractivity contribution in [2.24, 2.45) is 7.05 Å². The first-order chi connectivity index (χ1) is 14.0. The Balaban J connectivity index is 1.62. The molecular weight excluding hydrogens is 413 g/mol. The molecule has 4 aromatic rings. The highest BCUT2D eigenvalue weighted by Gasteiger charge is 2.14. The van der Waals surface area contributed by atoms with E-state index in [4.69, 9.17) is 27.9 Å². The molecule has 2 aromatic heterocycles. The first-order valence-electron chi connectivity index (χ1n) is 8.65. The highest BCUT2D eigenvalue weighted by atomic mass is 35.5. The molecule has 0 aliphatic carbocycles. The molecule has 4 rings (SSSR count). The molecule has 2 heterocycles. The summed E-state index contributed by atoms with van der Waals surface area (Å²) in [5.74, 6) is 0.428. The molecule has 0 aliphatic rings. The molecule has 0 saturated carbocycles. The van der Waals surface area contributed by atoms with Crippen LogP contribution in [0.2, 0.25) is 10.0 Å². The molecule has 0 amide bonds. The lowest BCUT2D eigenvalue weighted by Gasteiger charge is -2.13. The molecule has 0 saturated heterocycles. The molecule has 146 valence electrons. The van der Waals surface area contributed by atoms with E-state index >= 15 is 0 Å². The zero-order valence-electron chi connectivity index (χ0n) is 15.3. The minimum absolute atomic E-state index is 0.165. The van der Waals surface area contributed by atoms with Gasteiger partial charge in [-0.1, -0.05) is 47.5 Å². The molecule has 7 nitrogen and oxygen atoms in total. The van der Waals surface area contributed by atoms with E-state index in [1.165, 1.54) is 11.7 Å². The summed E-state index contributed by atoms with van der Waals surface area (Å²) in [4.78, 5) is 16.5. The molecule has 0 unspecified atom stereocenters. The highest BCUT2D eigenvalue weighted by molar-refractivity contribution is 6.36. The predicted octanol–water partition coefficient (Wildman–Crippen LogP) is 3.91. The lowest BCUT2D eigenvalue weighted by atomic mass is 10.1. The van der Waals surface area contributed by atoms with Crippen LogP contribution in [0.3, 0.4) is 0 Å². The van der Waals surface area contributed by atoms with Crippen LogP contribution in [0.4, 0.5) is 0 Å². The Morgan fingerprint density at radius 3 is 2.52 bits per heavy atom. The average Bonchev–Trinajstić information content (AvgIpc) is 3.07. The van der Waals surface area contributed by atoms with Crippen LogP contribution in [-0.4, -0.2) is 24.8 Å². The lowest BCUT2D eigenvalue weighted by molar-refractivity contribution is 0.306. The second-order valence-electron chi connectivity index (χ2n) is 6.19. The van der Waals surface area contributed by atoms with E-state index in [9.17, 15) is 4.79 Å². The van der Waals surface area contributed by atoms with Crippen LogP contribution in [0.1, 0.15) is 5.56 Å². The second-order valence-corrected chi connectivity index (χ2v) is 7.01. The maximum atomic E-state index is 12.2. The van der Waals surface area contributed by atoms with Crippen LogP contribution in [0.15, 0.2) is 65.6 Å². The molecule has 29 heavy (non-hydrogen) atoms. The van der Waals surface area contributed by atoms with Gasteiger partial charge in [-0.3, -0.25) is 4.98 Å². The predicted molar refractivity (Wildman–Crippen MR) is 111 cm³/mol. The van der Waals surface area contributed by atoms with Gasteiger partial charge >= 0.3 is 5.69 Å². The van der Waals surface area contributed by atoms with Crippen LogP contribution >= 0.6 is 23.2 Å². The van der Waals surface area contributed by atoms with Gasteiger partial charge in [-0.2, -0.15) is 9.36 Å². The molecule has 0 fully saturated rings. The molecule has 0 N–H and O–H groups in total. The van der Waals surface area contributed by atoms with Gasteiger partial charge in [0, 0.05) is 30.4 Å². The number of aromatic nitrogens is 5. The summed E-state index contributed by atoms with van der Waals surface area (Å²) in [6, 6.07) is 16.2. The largest absolute Gasteiger partial charge is 0.487 e. The number of aryl methyl sites for hydroxylation is 1. The Kier molecular flexibility index (Phi) is 5.33. The van der Waals surface area contributed by atoms with Crippen molar-refractivity contribution in [3.8, 4) is 22.7 Å². The topological polar surface area (TPSA) is 74.8 Å². The van der Waals surface area contributed by atoms with Gasteiger partial charge in [0.1, 0.15) is 12.4 Å². The van der Waals surface area contributed by atoms with Crippen molar-refractivity contribution in [3.05, 3.63) is 86.9 Å². The fourth-order valence-electron chi connectivity index (χ4n) is 2.82. The van der Waals surface area contributed by atoms with Gasteiger partial charge < -0.3 is 4.74 Å². The summed E-state index contributed by atoms with van der Waals surface area (Å²) in [5, 5.41) is 8.51. The van der Waals surface area contributed by atoms with Crippen molar-refractivity contribution in [2.75, 3.05) is 0 Å². The Labute approximate surface area is 176 Å². The lowest BCUT2D eigenvalue weighted by Crippen LogP contribution is -2.23. The fourth-order valence-corrected chi connectivity index (χ4v) is 3.29. The highest BCUT2D eigenvalue weighted by Crippen LogP contribution is 2.36. The molecule has 2 aromatic carbocycles. The van der Waals surface area contributed by atoms with Crippen molar-refractivity contribution in [3.63, 3.8) is 0 Å². The number of para-hydroxylation sites is 1. The van der Waals surface area contributed by atoms with Crippen molar-refractivity contribution in [2.45, 2.75) is 6.61 Å². The summed E-state index contributed by atoms with van der Waals surface area (Å²) < 4.78 is 8.27. The van der Waals surface area contributed by atoms with E-state index in [1.807, 2.05) is 36.4 Å². The van der Waals surface area contributed by atoms with Gasteiger partial charge in [0.25, 0.3) is 0 Å². The number of hydrogen-bond acceptors (Lipinski definition) is 5. The molecule has 9 heteroatoms. The molecule has 0 atom stereocenters. The quantitative estimate of drug-likeness (QED) is 0.482. The summed E-state index contributed by atoms with van der Waals surface area (Å²) in [6.07, 6.45) is 1.69. The maximum absolute atomic E-state index is 12.2. The molecule has 0 bridgehead atoms. The normalized spacial score (nSPS) is 10.9. The van der Waals surface area contributed by atoms with Gasteiger partial charge in [-0.15, -0.1) is 0 Å². The zero-order chi connectivity index (χ0) is 20.4. The van der Waals surface area contributed by atoms with Crippen LogP contribution in [0.5, 0.6) is 5.75 Å². The molecule has 0 aliphatic heterocycles. The fraction of sp³-hybridized carbons (Fsp3) is 0.100. The number of pyridine rings is 1. The third kappa shape index (κ3) is 3.87. The third-order valence-electron chi connectivity index (χ3n) is 4.29. The Morgan fingerprint density at radius 2 is 1.79 bits per heavy atom.